The second kappa shape index (κ2) is 10.5. The third kappa shape index (κ3) is 6.40. The molecule has 3 nitrogen and oxygen atoms in total. The molecule has 0 saturated heterocycles. The summed E-state index contributed by atoms with van der Waals surface area (Å²) in [6.45, 7) is 4.41. The van der Waals surface area contributed by atoms with E-state index in [1.54, 1.807) is 12.2 Å². The molecule has 0 amide bonds. The van der Waals surface area contributed by atoms with Gasteiger partial charge in [-0.2, -0.15) is 11.8 Å². The number of aromatic hydroxyl groups is 1. The summed E-state index contributed by atoms with van der Waals surface area (Å²) in [5.41, 5.74) is 3.15. The van der Waals surface area contributed by atoms with Gasteiger partial charge in [0.1, 0.15) is 11.5 Å². The molecule has 0 radical (unpaired) electrons. The van der Waals surface area contributed by atoms with E-state index in [1.807, 2.05) is 62.0 Å². The monoisotopic (exact) mass is 410 g/mol. The van der Waals surface area contributed by atoms with Crippen LogP contribution in [0.5, 0.6) is 11.5 Å². The Kier molecular flexibility index (Phi) is 7.82. The standard InChI is InChI=1S/C25H30O3S/c1-18-16-20(17-19(2)25(18)27)8-13-24(26)21-9-11-22(12-10-21)28-14-15-29-23-6-4-3-5-7-23/h8-13,16-17,23,27H,3-7,14-15H2,1-2H3/b13-8+. The molecule has 0 spiro atoms. The van der Waals surface area contributed by atoms with Gasteiger partial charge in [0.05, 0.1) is 6.61 Å². The van der Waals surface area contributed by atoms with Gasteiger partial charge in [-0.05, 0) is 85.9 Å². The van der Waals surface area contributed by atoms with E-state index in [2.05, 4.69) is 0 Å². The van der Waals surface area contributed by atoms with Crippen molar-refractivity contribution in [2.75, 3.05) is 12.4 Å². The van der Waals surface area contributed by atoms with Gasteiger partial charge in [0, 0.05) is 16.6 Å². The molecule has 0 unspecified atom stereocenters. The summed E-state index contributed by atoms with van der Waals surface area (Å²) in [6, 6.07) is 11.1. The first-order chi connectivity index (χ1) is 14.0. The lowest BCUT2D eigenvalue weighted by Gasteiger charge is -2.20. The number of ketones is 1. The lowest BCUT2D eigenvalue weighted by molar-refractivity contribution is 0.104. The van der Waals surface area contributed by atoms with Crippen molar-refractivity contribution in [1.82, 2.24) is 0 Å². The zero-order chi connectivity index (χ0) is 20.6. The fraction of sp³-hybridized carbons (Fsp3) is 0.400. The zero-order valence-corrected chi connectivity index (χ0v) is 18.1. The highest BCUT2D eigenvalue weighted by atomic mass is 32.2. The van der Waals surface area contributed by atoms with E-state index in [0.29, 0.717) is 17.9 Å². The largest absolute Gasteiger partial charge is 0.507 e. The number of benzene rings is 2. The quantitative estimate of drug-likeness (QED) is 0.313. The maximum atomic E-state index is 12.4. The van der Waals surface area contributed by atoms with Crippen molar-refractivity contribution in [3.63, 3.8) is 0 Å². The zero-order valence-electron chi connectivity index (χ0n) is 17.3. The third-order valence-electron chi connectivity index (χ3n) is 5.34. The number of aryl methyl sites for hydroxylation is 2. The summed E-state index contributed by atoms with van der Waals surface area (Å²) in [4.78, 5) is 12.4. The third-order valence-corrected chi connectivity index (χ3v) is 6.68. The van der Waals surface area contributed by atoms with Crippen LogP contribution in [0.4, 0.5) is 0 Å². The first-order valence-electron chi connectivity index (χ1n) is 10.4. The van der Waals surface area contributed by atoms with Gasteiger partial charge in [-0.25, -0.2) is 0 Å². The van der Waals surface area contributed by atoms with Crippen LogP contribution in [0.1, 0.15) is 59.2 Å². The van der Waals surface area contributed by atoms with Gasteiger partial charge in [-0.3, -0.25) is 4.79 Å². The van der Waals surface area contributed by atoms with E-state index in [4.69, 9.17) is 4.74 Å². The molecular formula is C25H30O3S. The molecule has 1 aliphatic carbocycles. The molecule has 4 heteroatoms. The van der Waals surface area contributed by atoms with Crippen LogP contribution in [0, 0.1) is 13.8 Å². The van der Waals surface area contributed by atoms with Crippen LogP contribution in [-0.2, 0) is 0 Å². The van der Waals surface area contributed by atoms with E-state index in [9.17, 15) is 9.90 Å². The molecule has 0 bridgehead atoms. The number of carbonyl (C=O) groups excluding carboxylic acids is 1. The average Bonchev–Trinajstić information content (AvgIpc) is 2.74. The number of ether oxygens (including phenoxy) is 1. The van der Waals surface area contributed by atoms with E-state index in [1.165, 1.54) is 32.1 Å². The van der Waals surface area contributed by atoms with Gasteiger partial charge in [0.25, 0.3) is 0 Å². The molecule has 2 aromatic rings. The molecular weight excluding hydrogens is 380 g/mol. The van der Waals surface area contributed by atoms with E-state index in [-0.39, 0.29) is 5.78 Å². The Labute approximate surface area is 178 Å². The Hall–Kier alpha value is -2.20. The maximum absolute atomic E-state index is 12.4. The van der Waals surface area contributed by atoms with Gasteiger partial charge in [0.2, 0.25) is 0 Å². The topological polar surface area (TPSA) is 46.5 Å². The normalized spacial score (nSPS) is 15.0. The molecule has 1 aliphatic rings. The average molecular weight is 411 g/mol. The van der Waals surface area contributed by atoms with Crippen molar-refractivity contribution >= 4 is 23.6 Å². The minimum Gasteiger partial charge on any atom is -0.507 e. The summed E-state index contributed by atoms with van der Waals surface area (Å²) in [6.07, 6.45) is 10.2. The van der Waals surface area contributed by atoms with Crippen molar-refractivity contribution in [3.05, 3.63) is 64.7 Å². The number of hydrogen-bond donors (Lipinski definition) is 1. The first kappa shape index (κ1) is 21.5. The summed E-state index contributed by atoms with van der Waals surface area (Å²) < 4.78 is 5.82. The van der Waals surface area contributed by atoms with Crippen molar-refractivity contribution in [2.24, 2.45) is 0 Å². The number of thioether (sulfide) groups is 1. The van der Waals surface area contributed by atoms with Gasteiger partial charge < -0.3 is 9.84 Å². The SMILES string of the molecule is Cc1cc(/C=C/C(=O)c2ccc(OCCSC3CCCCC3)cc2)cc(C)c1O. The summed E-state index contributed by atoms with van der Waals surface area (Å²) in [5.74, 6) is 2.08. The fourth-order valence-electron chi connectivity index (χ4n) is 3.68. The Morgan fingerprint density at radius 1 is 1.10 bits per heavy atom. The lowest BCUT2D eigenvalue weighted by atomic mass is 10.0. The highest BCUT2D eigenvalue weighted by molar-refractivity contribution is 7.99. The van der Waals surface area contributed by atoms with E-state index >= 15 is 0 Å². The van der Waals surface area contributed by atoms with Gasteiger partial charge in [-0.15, -0.1) is 0 Å². The van der Waals surface area contributed by atoms with Crippen LogP contribution >= 0.6 is 11.8 Å². The van der Waals surface area contributed by atoms with Gasteiger partial charge in [0.15, 0.2) is 5.78 Å². The number of allylic oxidation sites excluding steroid dienone is 1. The molecule has 2 aromatic carbocycles. The van der Waals surface area contributed by atoms with Crippen LogP contribution in [0.25, 0.3) is 6.08 Å². The number of hydrogen-bond acceptors (Lipinski definition) is 4. The molecule has 1 saturated carbocycles. The number of phenols is 1. The summed E-state index contributed by atoms with van der Waals surface area (Å²) >= 11 is 2.03. The maximum Gasteiger partial charge on any atom is 0.185 e. The molecule has 3 rings (SSSR count). The molecule has 0 heterocycles. The van der Waals surface area contributed by atoms with Crippen LogP contribution in [0.2, 0.25) is 0 Å². The molecule has 29 heavy (non-hydrogen) atoms. The van der Waals surface area contributed by atoms with Crippen LogP contribution in [0.3, 0.4) is 0 Å². The summed E-state index contributed by atoms with van der Waals surface area (Å²) in [5, 5.41) is 10.7. The Morgan fingerprint density at radius 2 is 1.76 bits per heavy atom. The molecule has 1 N–H and O–H groups in total. The number of phenolic OH excluding ortho intramolecular Hbond substituents is 1. The molecule has 0 atom stereocenters. The predicted molar refractivity (Wildman–Crippen MR) is 122 cm³/mol. The van der Waals surface area contributed by atoms with Crippen molar-refractivity contribution in [1.29, 1.82) is 0 Å². The Bertz CT molecular complexity index is 826. The van der Waals surface area contributed by atoms with Crippen LogP contribution in [0.15, 0.2) is 42.5 Å². The highest BCUT2D eigenvalue weighted by Crippen LogP contribution is 2.28. The van der Waals surface area contributed by atoms with Crippen molar-refractivity contribution in [3.8, 4) is 11.5 Å². The second-order valence-corrected chi connectivity index (χ2v) is 9.11. The highest BCUT2D eigenvalue weighted by Gasteiger charge is 2.13. The second-order valence-electron chi connectivity index (χ2n) is 7.70. The smallest absolute Gasteiger partial charge is 0.185 e. The molecule has 154 valence electrons. The van der Waals surface area contributed by atoms with Crippen LogP contribution in [-0.4, -0.2) is 28.5 Å². The molecule has 0 aromatic heterocycles. The van der Waals surface area contributed by atoms with E-state index in [0.717, 1.165) is 33.4 Å². The Balaban J connectivity index is 1.48. The summed E-state index contributed by atoms with van der Waals surface area (Å²) in [7, 11) is 0. The van der Waals surface area contributed by atoms with Crippen molar-refractivity contribution < 1.29 is 14.6 Å². The number of rotatable bonds is 8. The van der Waals surface area contributed by atoms with Gasteiger partial charge in [-0.1, -0.05) is 25.3 Å². The van der Waals surface area contributed by atoms with Crippen molar-refractivity contribution in [2.45, 2.75) is 51.2 Å². The molecule has 1 fully saturated rings. The Morgan fingerprint density at radius 3 is 2.41 bits per heavy atom. The van der Waals surface area contributed by atoms with Crippen LogP contribution < -0.4 is 4.74 Å². The predicted octanol–water partition coefficient (Wildman–Crippen LogP) is 6.35. The van der Waals surface area contributed by atoms with E-state index < -0.39 is 0 Å². The van der Waals surface area contributed by atoms with Gasteiger partial charge >= 0.3 is 0 Å². The fourth-order valence-corrected chi connectivity index (χ4v) is 4.85. The molecule has 0 aliphatic heterocycles. The minimum atomic E-state index is -0.0483. The minimum absolute atomic E-state index is 0.0483. The number of carbonyl (C=O) groups is 1. The first-order valence-corrected chi connectivity index (χ1v) is 11.4. The lowest BCUT2D eigenvalue weighted by Crippen LogP contribution is -2.11.